The molecule has 2 atom stereocenters. The van der Waals surface area contributed by atoms with Gasteiger partial charge in [0.2, 0.25) is 0 Å². The fourth-order valence-electron chi connectivity index (χ4n) is 2.04. The van der Waals surface area contributed by atoms with Crippen LogP contribution in [-0.2, 0) is 0 Å². The number of hydrogen-bond donors (Lipinski definition) is 2. The Balaban J connectivity index is 1.97. The molecule has 5 nitrogen and oxygen atoms in total. The highest BCUT2D eigenvalue weighted by Gasteiger charge is 2.25. The predicted molar refractivity (Wildman–Crippen MR) is 58.6 cm³/mol. The normalized spacial score (nSPS) is 24.0. The van der Waals surface area contributed by atoms with Crippen molar-refractivity contribution in [1.82, 2.24) is 10.2 Å². The molecule has 84 valence electrons. The highest BCUT2D eigenvalue weighted by Crippen LogP contribution is 2.25. The van der Waals surface area contributed by atoms with E-state index in [2.05, 4.69) is 21.6 Å². The van der Waals surface area contributed by atoms with E-state index in [1.54, 1.807) is 6.07 Å². The van der Waals surface area contributed by atoms with Crippen molar-refractivity contribution in [2.75, 3.05) is 11.9 Å². The molecule has 1 aliphatic rings. The van der Waals surface area contributed by atoms with Crippen LogP contribution in [0.3, 0.4) is 0 Å². The van der Waals surface area contributed by atoms with Crippen LogP contribution < -0.4 is 5.32 Å². The molecular weight excluding hydrogens is 204 g/mol. The summed E-state index contributed by atoms with van der Waals surface area (Å²) < 4.78 is 0. The molecule has 2 N–H and O–H groups in total. The second kappa shape index (κ2) is 4.90. The molecule has 1 aromatic heterocycles. The van der Waals surface area contributed by atoms with E-state index in [1.807, 2.05) is 0 Å². The minimum absolute atomic E-state index is 0.227. The van der Waals surface area contributed by atoms with Crippen molar-refractivity contribution in [3.05, 3.63) is 17.8 Å². The van der Waals surface area contributed by atoms with Crippen LogP contribution in [0.15, 0.2) is 12.3 Å². The third-order valence-electron chi connectivity index (χ3n) is 2.99. The number of nitrogens with one attached hydrogen (secondary N) is 1. The molecule has 2 rings (SSSR count). The van der Waals surface area contributed by atoms with E-state index >= 15 is 0 Å². The highest BCUT2D eigenvalue weighted by molar-refractivity contribution is 5.50. The fourth-order valence-corrected chi connectivity index (χ4v) is 2.04. The Hall–Kier alpha value is -1.67. The Morgan fingerprint density at radius 2 is 2.44 bits per heavy atom. The lowest BCUT2D eigenvalue weighted by atomic mass is 10.1. The van der Waals surface area contributed by atoms with Crippen LogP contribution in [0.4, 0.5) is 5.82 Å². The molecule has 0 aromatic carbocycles. The summed E-state index contributed by atoms with van der Waals surface area (Å²) in [4.78, 5) is 0. The summed E-state index contributed by atoms with van der Waals surface area (Å²) in [5, 5.41) is 29.2. The summed E-state index contributed by atoms with van der Waals surface area (Å²) in [6.45, 7) is 0.647. The number of hydrogen-bond acceptors (Lipinski definition) is 5. The van der Waals surface area contributed by atoms with Crippen LogP contribution in [0.2, 0.25) is 0 Å². The minimum Gasteiger partial charge on any atom is -0.393 e. The van der Waals surface area contributed by atoms with Crippen molar-refractivity contribution in [3.8, 4) is 6.07 Å². The summed E-state index contributed by atoms with van der Waals surface area (Å²) in [7, 11) is 0. The molecule has 1 fully saturated rings. The SMILES string of the molecule is N#Cc1ccnnc1NCC1CCCC1O. The summed E-state index contributed by atoms with van der Waals surface area (Å²) >= 11 is 0. The summed E-state index contributed by atoms with van der Waals surface area (Å²) in [6, 6.07) is 3.68. The fraction of sp³-hybridized carbons (Fsp3) is 0.545. The van der Waals surface area contributed by atoms with E-state index in [0.717, 1.165) is 19.3 Å². The number of anilines is 1. The largest absolute Gasteiger partial charge is 0.393 e. The maximum atomic E-state index is 9.65. The van der Waals surface area contributed by atoms with Gasteiger partial charge in [0.05, 0.1) is 17.9 Å². The summed E-state index contributed by atoms with van der Waals surface area (Å²) in [5.74, 6) is 0.762. The molecule has 0 spiro atoms. The molecular formula is C11H14N4O. The van der Waals surface area contributed by atoms with Crippen LogP contribution in [0.1, 0.15) is 24.8 Å². The van der Waals surface area contributed by atoms with Gasteiger partial charge < -0.3 is 10.4 Å². The lowest BCUT2D eigenvalue weighted by molar-refractivity contribution is 0.138. The number of aliphatic hydroxyl groups is 1. The van der Waals surface area contributed by atoms with E-state index in [1.165, 1.54) is 6.20 Å². The number of aliphatic hydroxyl groups excluding tert-OH is 1. The van der Waals surface area contributed by atoms with Gasteiger partial charge in [-0.15, -0.1) is 5.10 Å². The van der Waals surface area contributed by atoms with Gasteiger partial charge in [-0.05, 0) is 18.9 Å². The van der Waals surface area contributed by atoms with Gasteiger partial charge >= 0.3 is 0 Å². The Bertz CT molecular complexity index is 401. The Morgan fingerprint density at radius 3 is 3.12 bits per heavy atom. The van der Waals surface area contributed by atoms with Crippen LogP contribution in [0, 0.1) is 17.2 Å². The van der Waals surface area contributed by atoms with E-state index in [4.69, 9.17) is 5.26 Å². The first-order valence-corrected chi connectivity index (χ1v) is 5.45. The number of nitriles is 1. The van der Waals surface area contributed by atoms with Gasteiger partial charge in [-0.25, -0.2) is 0 Å². The van der Waals surface area contributed by atoms with Crippen molar-refractivity contribution in [3.63, 3.8) is 0 Å². The highest BCUT2D eigenvalue weighted by atomic mass is 16.3. The molecule has 0 radical (unpaired) electrons. The summed E-state index contributed by atoms with van der Waals surface area (Å²) in [6.07, 6.45) is 4.23. The first kappa shape index (κ1) is 10.8. The van der Waals surface area contributed by atoms with E-state index in [9.17, 15) is 5.11 Å². The molecule has 5 heteroatoms. The van der Waals surface area contributed by atoms with Crippen molar-refractivity contribution in [1.29, 1.82) is 5.26 Å². The zero-order chi connectivity index (χ0) is 11.4. The smallest absolute Gasteiger partial charge is 0.166 e. The number of rotatable bonds is 3. The topological polar surface area (TPSA) is 81.8 Å². The number of aromatic nitrogens is 2. The predicted octanol–water partition coefficient (Wildman–Crippen LogP) is 0.921. The van der Waals surface area contributed by atoms with Crippen molar-refractivity contribution in [2.45, 2.75) is 25.4 Å². The Morgan fingerprint density at radius 1 is 1.56 bits per heavy atom. The second-order valence-corrected chi connectivity index (χ2v) is 4.04. The maximum Gasteiger partial charge on any atom is 0.166 e. The zero-order valence-corrected chi connectivity index (χ0v) is 8.93. The van der Waals surface area contributed by atoms with Gasteiger partial charge in [0, 0.05) is 12.5 Å². The van der Waals surface area contributed by atoms with Gasteiger partial charge in [-0.1, -0.05) is 6.42 Å². The van der Waals surface area contributed by atoms with Crippen LogP contribution >= 0.6 is 0 Å². The molecule has 0 bridgehead atoms. The standard InChI is InChI=1S/C11H14N4O/c12-6-8-4-5-14-15-11(8)13-7-9-2-1-3-10(9)16/h4-5,9-10,16H,1-3,7H2,(H,13,15). The quantitative estimate of drug-likeness (QED) is 0.788. The molecule has 2 unspecified atom stereocenters. The first-order chi connectivity index (χ1) is 7.81. The van der Waals surface area contributed by atoms with E-state index in [-0.39, 0.29) is 12.0 Å². The van der Waals surface area contributed by atoms with Crippen molar-refractivity contribution in [2.24, 2.45) is 5.92 Å². The maximum absolute atomic E-state index is 9.65. The molecule has 0 amide bonds. The van der Waals surface area contributed by atoms with Crippen molar-refractivity contribution < 1.29 is 5.11 Å². The second-order valence-electron chi connectivity index (χ2n) is 4.04. The molecule has 1 saturated carbocycles. The Labute approximate surface area is 94.1 Å². The molecule has 0 saturated heterocycles. The molecule has 16 heavy (non-hydrogen) atoms. The van der Waals surface area contributed by atoms with Gasteiger partial charge in [0.25, 0.3) is 0 Å². The Kier molecular flexibility index (Phi) is 3.32. The summed E-state index contributed by atoms with van der Waals surface area (Å²) in [5.41, 5.74) is 0.488. The van der Waals surface area contributed by atoms with Gasteiger partial charge in [-0.2, -0.15) is 10.4 Å². The minimum atomic E-state index is -0.227. The average Bonchev–Trinajstić information content (AvgIpc) is 2.72. The lowest BCUT2D eigenvalue weighted by Crippen LogP contribution is -2.22. The average molecular weight is 218 g/mol. The van der Waals surface area contributed by atoms with E-state index in [0.29, 0.717) is 17.9 Å². The van der Waals surface area contributed by atoms with Gasteiger partial charge in [0.15, 0.2) is 5.82 Å². The lowest BCUT2D eigenvalue weighted by Gasteiger charge is -2.15. The zero-order valence-electron chi connectivity index (χ0n) is 8.93. The van der Waals surface area contributed by atoms with Crippen LogP contribution in [-0.4, -0.2) is 28.0 Å². The van der Waals surface area contributed by atoms with Crippen LogP contribution in [0.5, 0.6) is 0 Å². The number of nitrogens with zero attached hydrogens (tertiary/aromatic N) is 3. The monoisotopic (exact) mass is 218 g/mol. The van der Waals surface area contributed by atoms with Gasteiger partial charge in [-0.3, -0.25) is 0 Å². The molecule has 0 aliphatic heterocycles. The first-order valence-electron chi connectivity index (χ1n) is 5.45. The van der Waals surface area contributed by atoms with Gasteiger partial charge in [0.1, 0.15) is 6.07 Å². The molecule has 1 aliphatic carbocycles. The van der Waals surface area contributed by atoms with Crippen LogP contribution in [0.25, 0.3) is 0 Å². The third-order valence-corrected chi connectivity index (χ3v) is 2.99. The van der Waals surface area contributed by atoms with E-state index < -0.39 is 0 Å². The third kappa shape index (κ3) is 2.28. The van der Waals surface area contributed by atoms with Crippen molar-refractivity contribution >= 4 is 5.82 Å². The molecule has 1 aromatic rings. The molecule has 1 heterocycles.